The zero-order valence-electron chi connectivity index (χ0n) is 12.0. The fourth-order valence-electron chi connectivity index (χ4n) is 2.13. The van der Waals surface area contributed by atoms with Crippen LogP contribution in [0.15, 0.2) is 27.5 Å². The van der Waals surface area contributed by atoms with Crippen LogP contribution in [0.2, 0.25) is 0 Å². The summed E-state index contributed by atoms with van der Waals surface area (Å²) >= 11 is 3.38. The lowest BCUT2D eigenvalue weighted by molar-refractivity contribution is 0.219. The fraction of sp³-hybridized carbons (Fsp3) is 0.462. The summed E-state index contributed by atoms with van der Waals surface area (Å²) in [6.07, 6.45) is 0.161. The summed E-state index contributed by atoms with van der Waals surface area (Å²) in [6.45, 7) is 4.42. The third kappa shape index (κ3) is 3.86. The van der Waals surface area contributed by atoms with Crippen molar-refractivity contribution in [1.29, 1.82) is 0 Å². The van der Waals surface area contributed by atoms with E-state index < -0.39 is 7.60 Å². The van der Waals surface area contributed by atoms with Gasteiger partial charge in [-0.2, -0.15) is 0 Å². The van der Waals surface area contributed by atoms with Crippen molar-refractivity contribution >= 4 is 34.6 Å². The van der Waals surface area contributed by atoms with Crippen molar-refractivity contribution in [1.82, 2.24) is 9.55 Å². The predicted molar refractivity (Wildman–Crippen MR) is 86.0 cm³/mol. The Morgan fingerprint density at radius 2 is 1.95 bits per heavy atom. The van der Waals surface area contributed by atoms with Crippen LogP contribution in [0.4, 0.5) is 0 Å². The molecular weight excluding hydrogens is 359 g/mol. The molecule has 0 bridgehead atoms. The van der Waals surface area contributed by atoms with Crippen molar-refractivity contribution in [2.45, 2.75) is 20.4 Å². The van der Waals surface area contributed by atoms with E-state index >= 15 is 0 Å². The zero-order chi connectivity index (χ0) is 15.5. The maximum atomic E-state index is 12.4. The molecule has 1 aromatic carbocycles. The molecule has 0 amide bonds. The molecule has 0 aliphatic heterocycles. The first-order chi connectivity index (χ1) is 9.99. The second-order valence-electron chi connectivity index (χ2n) is 4.41. The second-order valence-corrected chi connectivity index (χ2v) is 7.51. The lowest BCUT2D eigenvalue weighted by Gasteiger charge is -2.17. The molecule has 0 radical (unpaired) electrons. The Bertz CT molecular complexity index is 715. The summed E-state index contributed by atoms with van der Waals surface area (Å²) < 4.78 is 25.4. The molecule has 0 aliphatic carbocycles. The van der Waals surface area contributed by atoms with Gasteiger partial charge in [-0.1, -0.05) is 15.9 Å². The van der Waals surface area contributed by atoms with E-state index in [0.29, 0.717) is 13.2 Å². The van der Waals surface area contributed by atoms with Gasteiger partial charge in [-0.25, -0.2) is 4.79 Å². The normalized spacial score (nSPS) is 12.1. The number of aromatic amines is 1. The van der Waals surface area contributed by atoms with Crippen molar-refractivity contribution in [3.05, 3.63) is 33.2 Å². The summed E-state index contributed by atoms with van der Waals surface area (Å²) in [4.78, 5) is 14.8. The number of aromatic nitrogens is 2. The fourth-order valence-corrected chi connectivity index (χ4v) is 4.04. The molecule has 0 unspecified atom stereocenters. The van der Waals surface area contributed by atoms with E-state index in [2.05, 4.69) is 20.9 Å². The SMILES string of the molecule is CCOP(=O)(CCn1c(=O)[nH]c2ccc(Br)cc21)OCC. The van der Waals surface area contributed by atoms with Crippen LogP contribution in [0.1, 0.15) is 13.8 Å². The number of halogens is 1. The van der Waals surface area contributed by atoms with Crippen molar-refractivity contribution in [2.75, 3.05) is 19.4 Å². The minimum absolute atomic E-state index is 0.161. The van der Waals surface area contributed by atoms with Gasteiger partial charge in [0.25, 0.3) is 0 Å². The lowest BCUT2D eigenvalue weighted by atomic mass is 10.3. The van der Waals surface area contributed by atoms with Crippen LogP contribution in [-0.2, 0) is 20.2 Å². The van der Waals surface area contributed by atoms with E-state index in [9.17, 15) is 9.36 Å². The number of H-pyrrole nitrogens is 1. The van der Waals surface area contributed by atoms with E-state index in [0.717, 1.165) is 15.5 Å². The number of benzene rings is 1. The van der Waals surface area contributed by atoms with Crippen molar-refractivity contribution in [2.24, 2.45) is 0 Å². The molecule has 1 aromatic heterocycles. The quantitative estimate of drug-likeness (QED) is 0.751. The molecule has 8 heteroatoms. The summed E-state index contributed by atoms with van der Waals surface area (Å²) in [5, 5.41) is 0. The van der Waals surface area contributed by atoms with Gasteiger partial charge in [-0.3, -0.25) is 9.13 Å². The molecule has 2 rings (SSSR count). The van der Waals surface area contributed by atoms with Crippen LogP contribution in [0.25, 0.3) is 11.0 Å². The van der Waals surface area contributed by atoms with Crippen LogP contribution in [0.3, 0.4) is 0 Å². The van der Waals surface area contributed by atoms with Gasteiger partial charge in [0.15, 0.2) is 0 Å². The van der Waals surface area contributed by atoms with E-state index in [4.69, 9.17) is 9.05 Å². The van der Waals surface area contributed by atoms with Gasteiger partial charge >= 0.3 is 13.3 Å². The largest absolute Gasteiger partial charge is 0.332 e. The monoisotopic (exact) mass is 376 g/mol. The predicted octanol–water partition coefficient (Wildman–Crippen LogP) is 3.36. The maximum absolute atomic E-state index is 12.4. The Morgan fingerprint density at radius 3 is 2.57 bits per heavy atom. The molecule has 116 valence electrons. The van der Waals surface area contributed by atoms with Crippen molar-refractivity contribution in [3.8, 4) is 0 Å². The van der Waals surface area contributed by atoms with Crippen LogP contribution in [0, 0.1) is 0 Å². The lowest BCUT2D eigenvalue weighted by Crippen LogP contribution is -2.19. The van der Waals surface area contributed by atoms with Gasteiger partial charge in [-0.05, 0) is 32.0 Å². The van der Waals surface area contributed by atoms with Crippen LogP contribution >= 0.6 is 23.5 Å². The number of imidazole rings is 1. The minimum atomic E-state index is -3.16. The van der Waals surface area contributed by atoms with Gasteiger partial charge in [0, 0.05) is 11.0 Å². The van der Waals surface area contributed by atoms with Crippen LogP contribution in [0.5, 0.6) is 0 Å². The number of nitrogens with one attached hydrogen (secondary N) is 1. The molecule has 0 saturated heterocycles. The van der Waals surface area contributed by atoms with Gasteiger partial charge in [0.2, 0.25) is 0 Å². The van der Waals surface area contributed by atoms with E-state index in [-0.39, 0.29) is 18.4 Å². The highest BCUT2D eigenvalue weighted by Crippen LogP contribution is 2.47. The Morgan fingerprint density at radius 1 is 1.29 bits per heavy atom. The highest BCUT2D eigenvalue weighted by Gasteiger charge is 2.24. The maximum Gasteiger partial charge on any atom is 0.332 e. The van der Waals surface area contributed by atoms with Crippen LogP contribution < -0.4 is 5.69 Å². The van der Waals surface area contributed by atoms with E-state index in [1.54, 1.807) is 18.4 Å². The molecule has 0 spiro atoms. The number of aryl methyl sites for hydroxylation is 1. The molecule has 0 aliphatic rings. The average molecular weight is 377 g/mol. The molecule has 0 fully saturated rings. The van der Waals surface area contributed by atoms with Gasteiger partial charge in [-0.15, -0.1) is 0 Å². The molecule has 2 aromatic rings. The smallest absolute Gasteiger partial charge is 0.309 e. The summed E-state index contributed by atoms with van der Waals surface area (Å²) in [6, 6.07) is 5.52. The summed E-state index contributed by atoms with van der Waals surface area (Å²) in [5.74, 6) is 0. The number of hydrogen-bond acceptors (Lipinski definition) is 4. The number of rotatable bonds is 7. The Balaban J connectivity index is 2.27. The van der Waals surface area contributed by atoms with Crippen LogP contribution in [-0.4, -0.2) is 28.9 Å². The summed E-state index contributed by atoms with van der Waals surface area (Å²) in [5.41, 5.74) is 1.27. The molecule has 1 N–H and O–H groups in total. The Kier molecular flexibility index (Phi) is 5.43. The third-order valence-electron chi connectivity index (χ3n) is 2.99. The third-order valence-corrected chi connectivity index (χ3v) is 5.53. The first kappa shape index (κ1) is 16.5. The summed E-state index contributed by atoms with van der Waals surface area (Å²) in [7, 11) is -3.16. The molecule has 6 nitrogen and oxygen atoms in total. The van der Waals surface area contributed by atoms with E-state index in [1.165, 1.54) is 0 Å². The molecule has 0 atom stereocenters. The molecule has 1 heterocycles. The molecule has 0 saturated carbocycles. The van der Waals surface area contributed by atoms with Crippen molar-refractivity contribution < 1.29 is 13.6 Å². The Hall–Kier alpha value is -0.880. The number of nitrogens with zero attached hydrogens (tertiary/aromatic N) is 1. The minimum Gasteiger partial charge on any atom is -0.309 e. The standard InChI is InChI=1S/C13H18BrN2O4P/c1-3-19-21(18,20-4-2)8-7-16-12-9-10(14)5-6-11(12)15-13(16)17/h5-6,9H,3-4,7-8H2,1-2H3,(H,15,17). The van der Waals surface area contributed by atoms with Gasteiger partial charge in [0.1, 0.15) is 0 Å². The zero-order valence-corrected chi connectivity index (χ0v) is 14.4. The average Bonchev–Trinajstić information content (AvgIpc) is 2.72. The highest BCUT2D eigenvalue weighted by atomic mass is 79.9. The van der Waals surface area contributed by atoms with Crippen molar-refractivity contribution in [3.63, 3.8) is 0 Å². The second kappa shape index (κ2) is 6.92. The molecule has 21 heavy (non-hydrogen) atoms. The van der Waals surface area contributed by atoms with Gasteiger partial charge < -0.3 is 14.0 Å². The Labute approximate surface area is 131 Å². The van der Waals surface area contributed by atoms with Gasteiger partial charge in [0.05, 0.1) is 30.4 Å². The number of hydrogen-bond donors (Lipinski definition) is 1. The molecular formula is C13H18BrN2O4P. The highest BCUT2D eigenvalue weighted by molar-refractivity contribution is 9.10. The first-order valence-corrected chi connectivity index (χ1v) is 9.27. The first-order valence-electron chi connectivity index (χ1n) is 6.75. The topological polar surface area (TPSA) is 73.3 Å². The number of fused-ring (bicyclic) bond motifs is 1. The van der Waals surface area contributed by atoms with E-state index in [1.807, 2.05) is 18.2 Å².